The molecule has 0 aromatic heterocycles. The van der Waals surface area contributed by atoms with E-state index >= 15 is 0 Å². The predicted octanol–water partition coefficient (Wildman–Crippen LogP) is 2.85. The smallest absolute Gasteiger partial charge is 0.262 e. The summed E-state index contributed by atoms with van der Waals surface area (Å²) in [6.07, 6.45) is 0. The standard InChI is InChI=1S/C19H22N2O4/c1-3-20-19(23)14-6-5-7-15(12-14)21-18(22)13-25-17-10-8-16(9-11-17)24-4-2/h5-12H,3-4,13H2,1-2H3,(H,20,23)(H,21,22). The molecule has 2 rings (SSSR count). The van der Waals surface area contributed by atoms with Gasteiger partial charge in [0.25, 0.3) is 11.8 Å². The van der Waals surface area contributed by atoms with Crippen molar-refractivity contribution in [3.05, 3.63) is 54.1 Å². The van der Waals surface area contributed by atoms with Crippen molar-refractivity contribution < 1.29 is 19.1 Å². The molecule has 6 heteroatoms. The highest BCUT2D eigenvalue weighted by molar-refractivity contribution is 5.97. The van der Waals surface area contributed by atoms with Crippen LogP contribution >= 0.6 is 0 Å². The van der Waals surface area contributed by atoms with Crippen molar-refractivity contribution in [3.63, 3.8) is 0 Å². The molecule has 0 atom stereocenters. The van der Waals surface area contributed by atoms with Crippen LogP contribution in [-0.2, 0) is 4.79 Å². The lowest BCUT2D eigenvalue weighted by atomic mass is 10.2. The Morgan fingerprint density at radius 2 is 1.64 bits per heavy atom. The number of hydrogen-bond acceptors (Lipinski definition) is 4. The van der Waals surface area contributed by atoms with E-state index in [-0.39, 0.29) is 18.4 Å². The van der Waals surface area contributed by atoms with Crippen LogP contribution < -0.4 is 20.1 Å². The fourth-order valence-electron chi connectivity index (χ4n) is 2.15. The Hall–Kier alpha value is -3.02. The minimum Gasteiger partial charge on any atom is -0.494 e. The van der Waals surface area contributed by atoms with Crippen LogP contribution in [0.25, 0.3) is 0 Å². The lowest BCUT2D eigenvalue weighted by Gasteiger charge is -2.09. The molecule has 2 aromatic carbocycles. The van der Waals surface area contributed by atoms with Gasteiger partial charge in [-0.05, 0) is 56.3 Å². The second-order valence-electron chi connectivity index (χ2n) is 5.18. The molecule has 0 saturated heterocycles. The van der Waals surface area contributed by atoms with Gasteiger partial charge in [0.05, 0.1) is 6.61 Å². The summed E-state index contributed by atoms with van der Waals surface area (Å²) in [5.74, 6) is 0.849. The number of amides is 2. The number of benzene rings is 2. The number of anilines is 1. The second kappa shape index (κ2) is 9.32. The van der Waals surface area contributed by atoms with Crippen molar-refractivity contribution in [2.75, 3.05) is 25.1 Å². The van der Waals surface area contributed by atoms with E-state index in [1.54, 1.807) is 48.5 Å². The molecule has 0 aliphatic heterocycles. The van der Waals surface area contributed by atoms with Crippen LogP contribution in [0.1, 0.15) is 24.2 Å². The highest BCUT2D eigenvalue weighted by Crippen LogP contribution is 2.17. The van der Waals surface area contributed by atoms with E-state index in [1.165, 1.54) is 0 Å². The molecule has 0 saturated carbocycles. The molecule has 2 aromatic rings. The monoisotopic (exact) mass is 342 g/mol. The first-order valence-electron chi connectivity index (χ1n) is 8.16. The second-order valence-corrected chi connectivity index (χ2v) is 5.18. The average Bonchev–Trinajstić information content (AvgIpc) is 2.62. The van der Waals surface area contributed by atoms with Gasteiger partial charge in [-0.2, -0.15) is 0 Å². The van der Waals surface area contributed by atoms with Gasteiger partial charge in [0, 0.05) is 17.8 Å². The molecule has 0 spiro atoms. The molecule has 0 aliphatic carbocycles. The first kappa shape index (κ1) is 18.3. The highest BCUT2D eigenvalue weighted by atomic mass is 16.5. The van der Waals surface area contributed by atoms with Crippen LogP contribution in [0.4, 0.5) is 5.69 Å². The highest BCUT2D eigenvalue weighted by Gasteiger charge is 2.08. The van der Waals surface area contributed by atoms with Gasteiger partial charge in [0.15, 0.2) is 6.61 Å². The molecule has 2 N–H and O–H groups in total. The number of carbonyl (C=O) groups excluding carboxylic acids is 2. The molecular weight excluding hydrogens is 320 g/mol. The summed E-state index contributed by atoms with van der Waals surface area (Å²) in [6.45, 7) is 4.78. The van der Waals surface area contributed by atoms with E-state index in [1.807, 2.05) is 13.8 Å². The maximum atomic E-state index is 12.0. The normalized spacial score (nSPS) is 10.0. The lowest BCUT2D eigenvalue weighted by Crippen LogP contribution is -2.23. The molecule has 25 heavy (non-hydrogen) atoms. The van der Waals surface area contributed by atoms with Crippen LogP contribution in [0.5, 0.6) is 11.5 Å². The quantitative estimate of drug-likeness (QED) is 0.773. The van der Waals surface area contributed by atoms with Crippen LogP contribution in [-0.4, -0.2) is 31.6 Å². The maximum absolute atomic E-state index is 12.0. The molecular formula is C19H22N2O4. The summed E-state index contributed by atoms with van der Waals surface area (Å²) < 4.78 is 10.8. The Morgan fingerprint density at radius 1 is 0.960 bits per heavy atom. The Labute approximate surface area is 147 Å². The van der Waals surface area contributed by atoms with Gasteiger partial charge in [-0.1, -0.05) is 6.07 Å². The topological polar surface area (TPSA) is 76.7 Å². The minimum atomic E-state index is -0.304. The zero-order valence-corrected chi connectivity index (χ0v) is 14.4. The van der Waals surface area contributed by atoms with E-state index in [0.29, 0.717) is 30.2 Å². The van der Waals surface area contributed by atoms with Crippen molar-refractivity contribution in [2.45, 2.75) is 13.8 Å². The summed E-state index contributed by atoms with van der Waals surface area (Å²) in [4.78, 5) is 23.8. The Bertz CT molecular complexity index is 714. The van der Waals surface area contributed by atoms with Gasteiger partial charge in [-0.15, -0.1) is 0 Å². The molecule has 0 fully saturated rings. The maximum Gasteiger partial charge on any atom is 0.262 e. The van der Waals surface area contributed by atoms with E-state index in [4.69, 9.17) is 9.47 Å². The summed E-state index contributed by atoms with van der Waals surface area (Å²) in [5, 5.41) is 5.43. The SMILES string of the molecule is CCNC(=O)c1cccc(NC(=O)COc2ccc(OCC)cc2)c1. The summed E-state index contributed by atoms with van der Waals surface area (Å²) >= 11 is 0. The number of ether oxygens (including phenoxy) is 2. The molecule has 0 heterocycles. The largest absolute Gasteiger partial charge is 0.494 e. The average molecular weight is 342 g/mol. The van der Waals surface area contributed by atoms with Crippen LogP contribution in [0.3, 0.4) is 0 Å². The Kier molecular flexibility index (Phi) is 6.83. The first-order valence-corrected chi connectivity index (χ1v) is 8.16. The van der Waals surface area contributed by atoms with Crippen LogP contribution in [0.2, 0.25) is 0 Å². The summed E-state index contributed by atoms with van der Waals surface area (Å²) in [7, 11) is 0. The Morgan fingerprint density at radius 3 is 2.28 bits per heavy atom. The van der Waals surface area contributed by atoms with Gasteiger partial charge in [0.2, 0.25) is 0 Å². The van der Waals surface area contributed by atoms with E-state index in [2.05, 4.69) is 10.6 Å². The third kappa shape index (κ3) is 5.84. The number of rotatable bonds is 8. The molecule has 0 aliphatic rings. The van der Waals surface area contributed by atoms with E-state index in [9.17, 15) is 9.59 Å². The zero-order chi connectivity index (χ0) is 18.1. The van der Waals surface area contributed by atoms with Crippen LogP contribution in [0.15, 0.2) is 48.5 Å². The van der Waals surface area contributed by atoms with Crippen molar-refractivity contribution in [1.82, 2.24) is 5.32 Å². The van der Waals surface area contributed by atoms with Crippen molar-refractivity contribution in [3.8, 4) is 11.5 Å². The summed E-state index contributed by atoms with van der Waals surface area (Å²) in [5.41, 5.74) is 1.04. The predicted molar refractivity (Wildman–Crippen MR) is 96.2 cm³/mol. The summed E-state index contributed by atoms with van der Waals surface area (Å²) in [6, 6.07) is 13.8. The van der Waals surface area contributed by atoms with Crippen molar-refractivity contribution in [1.29, 1.82) is 0 Å². The third-order valence-corrected chi connectivity index (χ3v) is 3.25. The molecule has 2 amide bonds. The minimum absolute atomic E-state index is 0.126. The molecule has 0 radical (unpaired) electrons. The van der Waals surface area contributed by atoms with Gasteiger partial charge >= 0.3 is 0 Å². The van der Waals surface area contributed by atoms with Gasteiger partial charge < -0.3 is 20.1 Å². The number of hydrogen-bond donors (Lipinski definition) is 2. The third-order valence-electron chi connectivity index (χ3n) is 3.25. The number of nitrogens with one attached hydrogen (secondary N) is 2. The van der Waals surface area contributed by atoms with Crippen LogP contribution in [0, 0.1) is 0 Å². The van der Waals surface area contributed by atoms with Gasteiger partial charge in [-0.3, -0.25) is 9.59 Å². The fraction of sp³-hybridized carbons (Fsp3) is 0.263. The van der Waals surface area contributed by atoms with Crippen molar-refractivity contribution >= 4 is 17.5 Å². The molecule has 0 bridgehead atoms. The molecule has 0 unspecified atom stereocenters. The molecule has 132 valence electrons. The molecule has 6 nitrogen and oxygen atoms in total. The Balaban J connectivity index is 1.87. The van der Waals surface area contributed by atoms with E-state index < -0.39 is 0 Å². The first-order chi connectivity index (χ1) is 12.1. The fourth-order valence-corrected chi connectivity index (χ4v) is 2.15. The van der Waals surface area contributed by atoms with E-state index in [0.717, 1.165) is 5.75 Å². The number of carbonyl (C=O) groups is 2. The van der Waals surface area contributed by atoms with Gasteiger partial charge in [0.1, 0.15) is 11.5 Å². The zero-order valence-electron chi connectivity index (χ0n) is 14.4. The van der Waals surface area contributed by atoms with Gasteiger partial charge in [-0.25, -0.2) is 0 Å². The lowest BCUT2D eigenvalue weighted by molar-refractivity contribution is -0.118. The van der Waals surface area contributed by atoms with Crippen molar-refractivity contribution in [2.24, 2.45) is 0 Å².